The van der Waals surface area contributed by atoms with Crippen LogP contribution in [0.1, 0.15) is 49.9 Å². The average Bonchev–Trinajstić information content (AvgIpc) is 2.97. The van der Waals surface area contributed by atoms with Crippen LogP contribution in [-0.2, 0) is 9.59 Å². The number of hydrogen-bond donors (Lipinski definition) is 5. The molecule has 2 bridgehead atoms. The van der Waals surface area contributed by atoms with Crippen molar-refractivity contribution in [2.45, 2.75) is 38.6 Å². The molecule has 2 heterocycles. The van der Waals surface area contributed by atoms with Crippen LogP contribution in [0.25, 0.3) is 17.2 Å². The highest BCUT2D eigenvalue weighted by molar-refractivity contribution is 6.30. The van der Waals surface area contributed by atoms with E-state index in [-0.39, 0.29) is 23.8 Å². The summed E-state index contributed by atoms with van der Waals surface area (Å²) in [6.07, 6.45) is 8.80. The number of hydrazine groups is 1. The Kier molecular flexibility index (Phi) is 9.94. The lowest BCUT2D eigenvalue weighted by Gasteiger charge is -2.23. The van der Waals surface area contributed by atoms with Gasteiger partial charge in [-0.15, -0.1) is 0 Å². The van der Waals surface area contributed by atoms with Crippen molar-refractivity contribution in [3.05, 3.63) is 77.1 Å². The van der Waals surface area contributed by atoms with Crippen LogP contribution in [0.15, 0.2) is 65.9 Å². The first-order valence-electron chi connectivity index (χ1n) is 13.5. The predicted molar refractivity (Wildman–Crippen MR) is 166 cm³/mol. The summed E-state index contributed by atoms with van der Waals surface area (Å²) in [5.74, 6) is 10.8. The Morgan fingerprint density at radius 1 is 1.22 bits per heavy atom. The number of halogens is 1. The molecule has 2 aromatic carbocycles. The van der Waals surface area contributed by atoms with Crippen molar-refractivity contribution in [1.29, 1.82) is 0 Å². The van der Waals surface area contributed by atoms with Gasteiger partial charge in [0.2, 0.25) is 11.8 Å². The Bertz CT molecular complexity index is 1460. The minimum Gasteiger partial charge on any atom is -0.388 e. The van der Waals surface area contributed by atoms with Crippen molar-refractivity contribution in [1.82, 2.24) is 10.3 Å². The van der Waals surface area contributed by atoms with E-state index in [9.17, 15) is 9.59 Å². The monoisotopic (exact) mass is 574 g/mol. The molecule has 2 atom stereocenters. The number of amides is 2. The molecule has 41 heavy (non-hydrogen) atoms. The lowest BCUT2D eigenvalue weighted by molar-refractivity contribution is -0.120. The quantitative estimate of drug-likeness (QED) is 0.0871. The van der Waals surface area contributed by atoms with E-state index < -0.39 is 0 Å². The summed E-state index contributed by atoms with van der Waals surface area (Å²) in [6, 6.07) is 14.5. The maximum Gasteiger partial charge on any atom is 0.244 e. The molecular formula is C30H35ClN8O2. The minimum atomic E-state index is -0.360. The third-order valence-corrected chi connectivity index (χ3v) is 7.35. The van der Waals surface area contributed by atoms with E-state index in [0.717, 1.165) is 34.6 Å². The van der Waals surface area contributed by atoms with Gasteiger partial charge < -0.3 is 21.8 Å². The Hall–Kier alpha value is -4.41. The second-order valence-electron chi connectivity index (χ2n) is 9.77. The van der Waals surface area contributed by atoms with Crippen molar-refractivity contribution in [2.75, 3.05) is 22.7 Å². The van der Waals surface area contributed by atoms with E-state index in [0.29, 0.717) is 35.5 Å². The topological polar surface area (TPSA) is 151 Å². The van der Waals surface area contributed by atoms with E-state index in [1.54, 1.807) is 30.5 Å². The van der Waals surface area contributed by atoms with Crippen molar-refractivity contribution >= 4 is 52.9 Å². The molecule has 4 rings (SSSR count). The van der Waals surface area contributed by atoms with Gasteiger partial charge in [-0.25, -0.2) is 5.84 Å². The number of pyridine rings is 1. The molecule has 0 saturated carbocycles. The fraction of sp³-hybridized carbons (Fsp3) is 0.267. The summed E-state index contributed by atoms with van der Waals surface area (Å²) in [7, 11) is 1.84. The summed E-state index contributed by atoms with van der Waals surface area (Å²) in [6.45, 7) is 2.02. The third-order valence-electron chi connectivity index (χ3n) is 7.11. The molecular weight excluding hydrogens is 540 g/mol. The molecule has 2 amide bonds. The molecule has 3 aromatic rings. The molecule has 0 aliphatic carbocycles. The van der Waals surface area contributed by atoms with Crippen molar-refractivity contribution in [3.8, 4) is 11.1 Å². The number of nitrogens with one attached hydrogen (secondary N) is 3. The second-order valence-corrected chi connectivity index (χ2v) is 10.2. The van der Waals surface area contributed by atoms with E-state index in [2.05, 4.69) is 26.0 Å². The molecule has 7 N–H and O–H groups in total. The Morgan fingerprint density at radius 3 is 2.80 bits per heavy atom. The zero-order valence-corrected chi connectivity index (χ0v) is 23.9. The van der Waals surface area contributed by atoms with Gasteiger partial charge in [0.15, 0.2) is 0 Å². The molecule has 0 fully saturated rings. The number of anilines is 3. The van der Waals surface area contributed by atoms with Crippen LogP contribution in [0.3, 0.4) is 0 Å². The molecule has 10 nitrogen and oxygen atoms in total. The van der Waals surface area contributed by atoms with Crippen molar-refractivity contribution in [3.63, 3.8) is 0 Å². The van der Waals surface area contributed by atoms with Crippen molar-refractivity contribution in [2.24, 2.45) is 22.7 Å². The minimum absolute atomic E-state index is 0.00803. The van der Waals surface area contributed by atoms with Crippen molar-refractivity contribution < 1.29 is 9.59 Å². The Balaban J connectivity index is 1.65. The first-order chi connectivity index (χ1) is 19.8. The highest BCUT2D eigenvalue weighted by Crippen LogP contribution is 2.34. The molecule has 0 spiro atoms. The zero-order valence-electron chi connectivity index (χ0n) is 23.1. The molecule has 214 valence electrons. The van der Waals surface area contributed by atoms with Crippen LogP contribution in [0.5, 0.6) is 0 Å². The number of fused-ring (bicyclic) bond motifs is 4. The molecule has 0 radical (unpaired) electrons. The van der Waals surface area contributed by atoms with Crippen LogP contribution in [-0.4, -0.2) is 30.2 Å². The van der Waals surface area contributed by atoms with Gasteiger partial charge in [0, 0.05) is 47.1 Å². The second kappa shape index (κ2) is 13.8. The summed E-state index contributed by atoms with van der Waals surface area (Å²) < 4.78 is 0. The summed E-state index contributed by atoms with van der Waals surface area (Å²) in [5, 5.41) is 14.6. The number of hydrazone groups is 1. The number of nitrogens with two attached hydrogens (primary N) is 2. The maximum absolute atomic E-state index is 13.2. The molecule has 1 aliphatic heterocycles. The molecule has 1 unspecified atom stereocenters. The SMILES string of the molecule is CCC1CCC[C@H](NC(=O)/C=C/c2cc(Cl)ccc2N(N)/C=N\N)c2cc(ccn2)-c2ccc(NC)cc2NC1=O. The number of rotatable bonds is 7. The molecule has 11 heteroatoms. The highest BCUT2D eigenvalue weighted by atomic mass is 35.5. The standard InChI is InChI=1S/C30H35ClN8O2/c1-3-19-5-4-6-25(37-29(40)12-7-21-15-22(31)8-11-28(21)39(33)18-36-32)27-16-20(13-14-35-27)24-10-9-23(34-2)17-26(24)38-30(19)41/h7-19,25,34H,3-6,32-33H2,1-2H3,(H,37,40)(H,38,41)/b12-7+,36-18-/t19?,25-/m0/s1. The number of hydrogen-bond acceptors (Lipinski definition) is 7. The van der Waals surface area contributed by atoms with Crippen LogP contribution in [0.2, 0.25) is 5.02 Å². The van der Waals surface area contributed by atoms with E-state index in [4.69, 9.17) is 23.3 Å². The highest BCUT2D eigenvalue weighted by Gasteiger charge is 2.23. The summed E-state index contributed by atoms with van der Waals surface area (Å²) >= 11 is 6.19. The van der Waals surface area contributed by atoms with E-state index in [1.807, 2.05) is 44.3 Å². The molecule has 1 aromatic heterocycles. The third kappa shape index (κ3) is 7.41. The van der Waals surface area contributed by atoms with Crippen LogP contribution in [0, 0.1) is 5.92 Å². The maximum atomic E-state index is 13.2. The first kappa shape index (κ1) is 29.6. The number of carbonyl (C=O) groups is 2. The predicted octanol–water partition coefficient (Wildman–Crippen LogP) is 5.05. The number of aromatic nitrogens is 1. The van der Waals surface area contributed by atoms with Gasteiger partial charge in [0.05, 0.1) is 23.1 Å². The largest absolute Gasteiger partial charge is 0.388 e. The average molecular weight is 575 g/mol. The fourth-order valence-corrected chi connectivity index (χ4v) is 5.07. The van der Waals surface area contributed by atoms with Gasteiger partial charge >= 0.3 is 0 Å². The molecule has 1 aliphatic rings. The van der Waals surface area contributed by atoms with E-state index >= 15 is 0 Å². The van der Waals surface area contributed by atoms with E-state index in [1.165, 1.54) is 17.4 Å². The van der Waals surface area contributed by atoms with Gasteiger partial charge in [-0.3, -0.25) is 19.6 Å². The summed E-state index contributed by atoms with van der Waals surface area (Å²) in [5.41, 5.74) is 5.31. The first-order valence-corrected chi connectivity index (χ1v) is 13.8. The number of nitrogens with zero attached hydrogens (tertiary/aromatic N) is 3. The lowest BCUT2D eigenvalue weighted by Crippen LogP contribution is -2.30. The van der Waals surface area contributed by atoms with Gasteiger partial charge in [0.1, 0.15) is 6.34 Å². The van der Waals surface area contributed by atoms with Gasteiger partial charge in [-0.1, -0.05) is 31.0 Å². The van der Waals surface area contributed by atoms with Crippen LogP contribution >= 0.6 is 11.6 Å². The van der Waals surface area contributed by atoms with Crippen LogP contribution in [0.4, 0.5) is 17.1 Å². The smallest absolute Gasteiger partial charge is 0.244 e. The van der Waals surface area contributed by atoms with Gasteiger partial charge in [-0.05, 0) is 73.4 Å². The summed E-state index contributed by atoms with van der Waals surface area (Å²) in [4.78, 5) is 31.0. The Labute approximate surface area is 244 Å². The normalized spacial score (nSPS) is 17.3. The Morgan fingerprint density at radius 2 is 2.05 bits per heavy atom. The fourth-order valence-electron chi connectivity index (χ4n) is 4.89. The van der Waals surface area contributed by atoms with Gasteiger partial charge in [-0.2, -0.15) is 5.10 Å². The number of benzene rings is 2. The zero-order chi connectivity index (χ0) is 29.4. The van der Waals surface area contributed by atoms with Crippen LogP contribution < -0.4 is 32.6 Å². The van der Waals surface area contributed by atoms with Gasteiger partial charge in [0.25, 0.3) is 0 Å². The lowest BCUT2D eigenvalue weighted by atomic mass is 9.93. The number of carbonyl (C=O) groups excluding carboxylic acids is 2. The molecule has 0 saturated heterocycles.